The van der Waals surface area contributed by atoms with Crippen molar-refractivity contribution in [3.63, 3.8) is 0 Å². The molecule has 2 N–H and O–H groups in total. The third kappa shape index (κ3) is 4.97. The van der Waals surface area contributed by atoms with Gasteiger partial charge in [-0.2, -0.15) is 0 Å². The molecule has 0 spiro atoms. The maximum absolute atomic E-state index is 11.3. The Morgan fingerprint density at radius 2 is 2.04 bits per heavy atom. The maximum Gasteiger partial charge on any atom is 0.210 e. The average molecular weight is 347 g/mol. The normalized spacial score (nSPS) is 21.4. The van der Waals surface area contributed by atoms with E-state index in [1.165, 1.54) is 25.7 Å². The number of aliphatic hydroxyl groups excluding tert-OH is 1. The topological polar surface area (TPSA) is 60.8 Å². The van der Waals surface area contributed by atoms with Crippen LogP contribution >= 0.6 is 0 Å². The largest absolute Gasteiger partial charge is 0.508 e. The second-order valence-electron chi connectivity index (χ2n) is 8.01. The van der Waals surface area contributed by atoms with Crippen LogP contribution in [0.3, 0.4) is 0 Å². The van der Waals surface area contributed by atoms with Crippen LogP contribution < -0.4 is 0 Å². The summed E-state index contributed by atoms with van der Waals surface area (Å²) >= 11 is 0. The average Bonchev–Trinajstić information content (AvgIpc) is 2.58. The van der Waals surface area contributed by atoms with Crippen LogP contribution in [-0.4, -0.2) is 34.2 Å². The Labute approximate surface area is 151 Å². The number of phenolic OH excluding ortho intramolecular Hbond substituents is 1. The number of piperidine rings is 1. The number of carbonyl (C=O) groups is 1. The number of hydrogen-bond donors (Lipinski definition) is 2. The highest BCUT2D eigenvalue weighted by Gasteiger charge is 2.30. The second-order valence-corrected chi connectivity index (χ2v) is 8.01. The molecule has 4 nitrogen and oxygen atoms in total. The molecule has 1 fully saturated rings. The molecule has 140 valence electrons. The van der Waals surface area contributed by atoms with Gasteiger partial charge in [-0.25, -0.2) is 0 Å². The number of rotatable bonds is 8. The van der Waals surface area contributed by atoms with Crippen molar-refractivity contribution in [3.8, 4) is 5.75 Å². The zero-order valence-electron chi connectivity index (χ0n) is 15.9. The molecule has 1 amide bonds. The highest BCUT2D eigenvalue weighted by Crippen LogP contribution is 2.38. The smallest absolute Gasteiger partial charge is 0.210 e. The zero-order valence-corrected chi connectivity index (χ0v) is 15.9. The van der Waals surface area contributed by atoms with Gasteiger partial charge < -0.3 is 15.1 Å². The number of amides is 1. The van der Waals surface area contributed by atoms with Crippen LogP contribution in [0.1, 0.15) is 82.9 Å². The molecule has 1 aromatic carbocycles. The highest BCUT2D eigenvalue weighted by molar-refractivity contribution is 5.51. The Morgan fingerprint density at radius 1 is 1.28 bits per heavy atom. The van der Waals surface area contributed by atoms with Crippen molar-refractivity contribution < 1.29 is 15.0 Å². The Balaban J connectivity index is 2.15. The number of unbranched alkanes of at least 4 members (excludes halogenated alkanes) is 3. The standard InChI is InChI=1S/C21H33NO3/c1-4-5-6-7-11-21(2,3)16-8-9-18(20(25)13-16)19-14-17(24)10-12-22(19)15-23/h8-9,13,15,17,19,24-25H,4-7,10-12,14H2,1-3H3. The summed E-state index contributed by atoms with van der Waals surface area (Å²) in [4.78, 5) is 13.0. The molecule has 0 aromatic heterocycles. The predicted octanol–water partition coefficient (Wildman–Crippen LogP) is 4.29. The van der Waals surface area contributed by atoms with Gasteiger partial charge in [0.15, 0.2) is 0 Å². The molecule has 1 aliphatic rings. The molecule has 0 radical (unpaired) electrons. The Kier molecular flexibility index (Phi) is 6.88. The molecule has 4 heteroatoms. The molecule has 2 atom stereocenters. The highest BCUT2D eigenvalue weighted by atomic mass is 16.3. The number of phenols is 1. The van der Waals surface area contributed by atoms with Crippen molar-refractivity contribution in [2.75, 3.05) is 6.54 Å². The Bertz CT molecular complexity index is 570. The van der Waals surface area contributed by atoms with E-state index in [2.05, 4.69) is 26.8 Å². The number of carbonyl (C=O) groups excluding carboxylic acids is 1. The minimum absolute atomic E-state index is 0.0141. The van der Waals surface area contributed by atoms with Gasteiger partial charge in [-0.05, 0) is 36.3 Å². The molecular weight excluding hydrogens is 314 g/mol. The van der Waals surface area contributed by atoms with E-state index in [4.69, 9.17) is 0 Å². The monoisotopic (exact) mass is 347 g/mol. The van der Waals surface area contributed by atoms with E-state index in [0.717, 1.165) is 24.0 Å². The number of benzene rings is 1. The molecule has 1 heterocycles. The summed E-state index contributed by atoms with van der Waals surface area (Å²) in [5.74, 6) is 0.227. The van der Waals surface area contributed by atoms with E-state index >= 15 is 0 Å². The van der Waals surface area contributed by atoms with Gasteiger partial charge >= 0.3 is 0 Å². The minimum Gasteiger partial charge on any atom is -0.508 e. The van der Waals surface area contributed by atoms with Crippen LogP contribution in [0.5, 0.6) is 5.75 Å². The number of hydrogen-bond acceptors (Lipinski definition) is 3. The van der Waals surface area contributed by atoms with E-state index in [1.54, 1.807) is 4.90 Å². The summed E-state index contributed by atoms with van der Waals surface area (Å²) in [6.45, 7) is 7.18. The lowest BCUT2D eigenvalue weighted by molar-refractivity contribution is -0.123. The van der Waals surface area contributed by atoms with E-state index in [1.807, 2.05) is 12.1 Å². The van der Waals surface area contributed by atoms with Crippen molar-refractivity contribution in [1.82, 2.24) is 4.90 Å². The van der Waals surface area contributed by atoms with Crippen molar-refractivity contribution >= 4 is 6.41 Å². The molecule has 1 aliphatic heterocycles. The first-order chi connectivity index (χ1) is 11.9. The first kappa shape index (κ1) is 19.8. The zero-order chi connectivity index (χ0) is 18.4. The first-order valence-electron chi connectivity index (χ1n) is 9.61. The lowest BCUT2D eigenvalue weighted by Crippen LogP contribution is -2.37. The molecular formula is C21H33NO3. The molecule has 1 saturated heterocycles. The fraction of sp³-hybridized carbons (Fsp3) is 0.667. The quantitative estimate of drug-likeness (QED) is 0.544. The molecule has 1 aromatic rings. The van der Waals surface area contributed by atoms with Gasteiger partial charge in [-0.3, -0.25) is 4.79 Å². The molecule has 25 heavy (non-hydrogen) atoms. The van der Waals surface area contributed by atoms with E-state index < -0.39 is 6.10 Å². The first-order valence-corrected chi connectivity index (χ1v) is 9.61. The van der Waals surface area contributed by atoms with Crippen LogP contribution in [0.2, 0.25) is 0 Å². The second kappa shape index (κ2) is 8.70. The van der Waals surface area contributed by atoms with Crippen LogP contribution in [-0.2, 0) is 10.2 Å². The number of nitrogens with zero attached hydrogens (tertiary/aromatic N) is 1. The predicted molar refractivity (Wildman–Crippen MR) is 101 cm³/mol. The van der Waals surface area contributed by atoms with Gasteiger partial charge in [0.05, 0.1) is 12.1 Å². The summed E-state index contributed by atoms with van der Waals surface area (Å²) in [5, 5.41) is 20.5. The Hall–Kier alpha value is -1.55. The fourth-order valence-electron chi connectivity index (χ4n) is 3.78. The summed E-state index contributed by atoms with van der Waals surface area (Å²) in [6, 6.07) is 5.60. The molecule has 0 aliphatic carbocycles. The molecule has 0 saturated carbocycles. The Morgan fingerprint density at radius 3 is 2.68 bits per heavy atom. The van der Waals surface area contributed by atoms with E-state index in [9.17, 15) is 15.0 Å². The van der Waals surface area contributed by atoms with E-state index in [-0.39, 0.29) is 17.2 Å². The maximum atomic E-state index is 11.3. The van der Waals surface area contributed by atoms with Gasteiger partial charge in [0.2, 0.25) is 6.41 Å². The third-order valence-corrected chi connectivity index (χ3v) is 5.58. The summed E-state index contributed by atoms with van der Waals surface area (Å²) < 4.78 is 0. The SMILES string of the molecule is CCCCCCC(C)(C)c1ccc(C2CC(O)CCN2C=O)c(O)c1. The lowest BCUT2D eigenvalue weighted by Gasteiger charge is -2.36. The number of aromatic hydroxyl groups is 1. The van der Waals surface area contributed by atoms with Crippen LogP contribution in [0.15, 0.2) is 18.2 Å². The van der Waals surface area contributed by atoms with Gasteiger partial charge in [-0.1, -0.05) is 58.6 Å². The molecule has 2 rings (SSSR count). The van der Waals surface area contributed by atoms with Gasteiger partial charge in [0, 0.05) is 12.1 Å². The summed E-state index contributed by atoms with van der Waals surface area (Å²) in [6.07, 6.45) is 7.51. The molecule has 0 bridgehead atoms. The summed E-state index contributed by atoms with van der Waals surface area (Å²) in [7, 11) is 0. The van der Waals surface area contributed by atoms with Crippen LogP contribution in [0.25, 0.3) is 0 Å². The lowest BCUT2D eigenvalue weighted by atomic mass is 9.79. The van der Waals surface area contributed by atoms with Crippen molar-refractivity contribution in [2.45, 2.75) is 83.3 Å². The summed E-state index contributed by atoms with van der Waals surface area (Å²) in [5.41, 5.74) is 1.87. The third-order valence-electron chi connectivity index (χ3n) is 5.58. The van der Waals surface area contributed by atoms with Crippen molar-refractivity contribution in [1.29, 1.82) is 0 Å². The minimum atomic E-state index is -0.421. The van der Waals surface area contributed by atoms with Crippen LogP contribution in [0.4, 0.5) is 0 Å². The van der Waals surface area contributed by atoms with Crippen LogP contribution in [0, 0.1) is 0 Å². The van der Waals surface area contributed by atoms with Gasteiger partial charge in [0.25, 0.3) is 0 Å². The van der Waals surface area contributed by atoms with Gasteiger partial charge in [0.1, 0.15) is 5.75 Å². The van der Waals surface area contributed by atoms with E-state index in [0.29, 0.717) is 19.4 Å². The van der Waals surface area contributed by atoms with Crippen molar-refractivity contribution in [2.24, 2.45) is 0 Å². The van der Waals surface area contributed by atoms with Gasteiger partial charge in [-0.15, -0.1) is 0 Å². The number of likely N-dealkylation sites (tertiary alicyclic amines) is 1. The molecule has 2 unspecified atom stereocenters. The number of aliphatic hydroxyl groups is 1. The van der Waals surface area contributed by atoms with Crippen molar-refractivity contribution in [3.05, 3.63) is 29.3 Å². The fourth-order valence-corrected chi connectivity index (χ4v) is 3.78.